The summed E-state index contributed by atoms with van der Waals surface area (Å²) in [4.78, 5) is 13.7. The molecule has 1 aromatic heterocycles. The van der Waals surface area contributed by atoms with Gasteiger partial charge in [0.25, 0.3) is 0 Å². The van der Waals surface area contributed by atoms with Crippen molar-refractivity contribution in [2.45, 2.75) is 39.5 Å². The van der Waals surface area contributed by atoms with Crippen LogP contribution in [-0.4, -0.2) is 15.0 Å². The SMILES string of the molecule is C=C(/C=C\CCC)c1nc(CCC)nc(-c2ccccc2)n1. The van der Waals surface area contributed by atoms with E-state index < -0.39 is 0 Å². The fourth-order valence-corrected chi connectivity index (χ4v) is 2.08. The number of nitrogens with zero attached hydrogens (tertiary/aromatic N) is 3. The third-order valence-corrected chi connectivity index (χ3v) is 3.25. The van der Waals surface area contributed by atoms with Crippen LogP contribution < -0.4 is 0 Å². The van der Waals surface area contributed by atoms with E-state index in [2.05, 4.69) is 41.5 Å². The molecule has 2 aromatic rings. The van der Waals surface area contributed by atoms with Gasteiger partial charge in [0.2, 0.25) is 0 Å². The van der Waals surface area contributed by atoms with Crippen LogP contribution in [-0.2, 0) is 6.42 Å². The predicted molar refractivity (Wildman–Crippen MR) is 92.3 cm³/mol. The van der Waals surface area contributed by atoms with Gasteiger partial charge in [-0.05, 0) is 12.8 Å². The first-order chi connectivity index (χ1) is 10.7. The van der Waals surface area contributed by atoms with Crippen LogP contribution in [0.25, 0.3) is 17.0 Å². The Balaban J connectivity index is 2.37. The maximum Gasteiger partial charge on any atom is 0.163 e. The molecule has 0 saturated carbocycles. The summed E-state index contributed by atoms with van der Waals surface area (Å²) < 4.78 is 0. The molecule has 0 aliphatic heterocycles. The quantitative estimate of drug-likeness (QED) is 0.684. The lowest BCUT2D eigenvalue weighted by atomic mass is 10.2. The van der Waals surface area contributed by atoms with Gasteiger partial charge in [0.05, 0.1) is 0 Å². The Morgan fingerprint density at radius 2 is 1.82 bits per heavy atom. The second-order valence-corrected chi connectivity index (χ2v) is 5.23. The highest BCUT2D eigenvalue weighted by Crippen LogP contribution is 2.18. The summed E-state index contributed by atoms with van der Waals surface area (Å²) in [5.41, 5.74) is 1.85. The van der Waals surface area contributed by atoms with Crippen LogP contribution in [0.3, 0.4) is 0 Å². The molecule has 114 valence electrons. The second-order valence-electron chi connectivity index (χ2n) is 5.23. The average Bonchev–Trinajstić information content (AvgIpc) is 2.56. The molecule has 2 rings (SSSR count). The lowest BCUT2D eigenvalue weighted by Crippen LogP contribution is -2.04. The van der Waals surface area contributed by atoms with Crippen molar-refractivity contribution >= 4 is 5.57 Å². The van der Waals surface area contributed by atoms with Crippen molar-refractivity contribution in [2.24, 2.45) is 0 Å². The monoisotopic (exact) mass is 293 g/mol. The van der Waals surface area contributed by atoms with Crippen LogP contribution >= 0.6 is 0 Å². The normalized spacial score (nSPS) is 11.0. The molecule has 0 N–H and O–H groups in total. The van der Waals surface area contributed by atoms with E-state index in [9.17, 15) is 0 Å². The highest BCUT2D eigenvalue weighted by Gasteiger charge is 2.09. The first-order valence-corrected chi connectivity index (χ1v) is 7.90. The Kier molecular flexibility index (Phi) is 6.01. The highest BCUT2D eigenvalue weighted by molar-refractivity contribution is 5.68. The van der Waals surface area contributed by atoms with Crippen LogP contribution in [0, 0.1) is 0 Å². The molecular weight excluding hydrogens is 270 g/mol. The molecule has 22 heavy (non-hydrogen) atoms. The van der Waals surface area contributed by atoms with Crippen molar-refractivity contribution in [3.63, 3.8) is 0 Å². The molecule has 3 heteroatoms. The van der Waals surface area contributed by atoms with E-state index in [0.717, 1.165) is 48.5 Å². The smallest absolute Gasteiger partial charge is 0.163 e. The maximum absolute atomic E-state index is 4.59. The van der Waals surface area contributed by atoms with E-state index in [-0.39, 0.29) is 0 Å². The van der Waals surface area contributed by atoms with Crippen LogP contribution in [0.1, 0.15) is 44.8 Å². The van der Waals surface area contributed by atoms with E-state index in [4.69, 9.17) is 0 Å². The molecule has 0 bridgehead atoms. The van der Waals surface area contributed by atoms with Crippen molar-refractivity contribution in [3.8, 4) is 11.4 Å². The van der Waals surface area contributed by atoms with Crippen LogP contribution in [0.2, 0.25) is 0 Å². The number of hydrogen-bond donors (Lipinski definition) is 0. The number of unbranched alkanes of at least 4 members (excludes halogenated alkanes) is 1. The van der Waals surface area contributed by atoms with Gasteiger partial charge in [-0.15, -0.1) is 0 Å². The van der Waals surface area contributed by atoms with E-state index in [1.807, 2.05) is 36.4 Å². The summed E-state index contributed by atoms with van der Waals surface area (Å²) in [6, 6.07) is 10.0. The molecule has 0 atom stereocenters. The zero-order chi connectivity index (χ0) is 15.8. The van der Waals surface area contributed by atoms with Gasteiger partial charge in [0.1, 0.15) is 5.82 Å². The molecule has 0 amide bonds. The second kappa shape index (κ2) is 8.23. The van der Waals surface area contributed by atoms with E-state index in [0.29, 0.717) is 5.82 Å². The molecule has 1 heterocycles. The van der Waals surface area contributed by atoms with Crippen molar-refractivity contribution in [1.29, 1.82) is 0 Å². The highest BCUT2D eigenvalue weighted by atomic mass is 15.0. The minimum absolute atomic E-state index is 0.671. The summed E-state index contributed by atoms with van der Waals surface area (Å²) in [5, 5.41) is 0. The van der Waals surface area contributed by atoms with Gasteiger partial charge in [-0.2, -0.15) is 0 Å². The van der Waals surface area contributed by atoms with Gasteiger partial charge < -0.3 is 0 Å². The third kappa shape index (κ3) is 4.35. The number of hydrogen-bond acceptors (Lipinski definition) is 3. The molecule has 0 spiro atoms. The molecular formula is C19H23N3. The van der Waals surface area contributed by atoms with Crippen molar-refractivity contribution in [2.75, 3.05) is 0 Å². The summed E-state index contributed by atoms with van der Waals surface area (Å²) >= 11 is 0. The number of aryl methyl sites for hydroxylation is 1. The summed E-state index contributed by atoms with van der Waals surface area (Å²) in [6.45, 7) is 8.38. The number of aromatic nitrogens is 3. The molecule has 3 nitrogen and oxygen atoms in total. The van der Waals surface area contributed by atoms with Gasteiger partial charge in [0.15, 0.2) is 11.6 Å². The summed E-state index contributed by atoms with van der Waals surface area (Å²) in [5.74, 6) is 2.22. The summed E-state index contributed by atoms with van der Waals surface area (Å²) in [7, 11) is 0. The maximum atomic E-state index is 4.59. The fraction of sp³-hybridized carbons (Fsp3) is 0.316. The molecule has 0 radical (unpaired) electrons. The lowest BCUT2D eigenvalue weighted by molar-refractivity contribution is 0.814. The first-order valence-electron chi connectivity index (χ1n) is 7.90. The Morgan fingerprint density at radius 1 is 1.05 bits per heavy atom. The van der Waals surface area contributed by atoms with Crippen LogP contribution in [0.15, 0.2) is 49.1 Å². The number of allylic oxidation sites excluding steroid dienone is 3. The van der Waals surface area contributed by atoms with Crippen LogP contribution in [0.4, 0.5) is 0 Å². The van der Waals surface area contributed by atoms with E-state index >= 15 is 0 Å². The molecule has 0 aliphatic carbocycles. The summed E-state index contributed by atoms with van der Waals surface area (Å²) in [6.07, 6.45) is 8.14. The fourth-order valence-electron chi connectivity index (χ4n) is 2.08. The third-order valence-electron chi connectivity index (χ3n) is 3.25. The standard InChI is InChI=1S/C19H23N3/c1-4-6-8-12-15(3)18-20-17(11-5-2)21-19(22-18)16-13-9-7-10-14-16/h7-10,12-14H,3-6,11H2,1-2H3/b12-8-. The molecule has 0 fully saturated rings. The largest absolute Gasteiger partial charge is 0.213 e. The van der Waals surface area contributed by atoms with Crippen LogP contribution in [0.5, 0.6) is 0 Å². The Hall–Kier alpha value is -2.29. The minimum atomic E-state index is 0.671. The van der Waals surface area contributed by atoms with Crippen molar-refractivity contribution in [3.05, 3.63) is 60.7 Å². The average molecular weight is 293 g/mol. The predicted octanol–water partition coefficient (Wildman–Crippen LogP) is 4.86. The van der Waals surface area contributed by atoms with E-state index in [1.54, 1.807) is 0 Å². The Bertz CT molecular complexity index is 645. The zero-order valence-corrected chi connectivity index (χ0v) is 13.4. The zero-order valence-electron chi connectivity index (χ0n) is 13.4. The van der Waals surface area contributed by atoms with Gasteiger partial charge in [0, 0.05) is 17.6 Å². The first kappa shape index (κ1) is 16.1. The Labute approximate surface area is 132 Å². The van der Waals surface area contributed by atoms with Crippen molar-refractivity contribution in [1.82, 2.24) is 15.0 Å². The van der Waals surface area contributed by atoms with Gasteiger partial charge in [-0.25, -0.2) is 15.0 Å². The molecule has 0 saturated heterocycles. The molecule has 0 aliphatic rings. The lowest BCUT2D eigenvalue weighted by Gasteiger charge is -2.07. The Morgan fingerprint density at radius 3 is 2.50 bits per heavy atom. The topological polar surface area (TPSA) is 38.7 Å². The van der Waals surface area contributed by atoms with E-state index in [1.165, 1.54) is 0 Å². The van der Waals surface area contributed by atoms with Gasteiger partial charge in [-0.1, -0.05) is 69.3 Å². The number of rotatable bonds is 7. The van der Waals surface area contributed by atoms with Gasteiger partial charge in [-0.3, -0.25) is 0 Å². The van der Waals surface area contributed by atoms with Crippen molar-refractivity contribution < 1.29 is 0 Å². The molecule has 1 aromatic carbocycles. The minimum Gasteiger partial charge on any atom is -0.213 e. The molecule has 0 unspecified atom stereocenters. The number of benzene rings is 1. The van der Waals surface area contributed by atoms with Gasteiger partial charge >= 0.3 is 0 Å².